The highest BCUT2D eigenvalue weighted by molar-refractivity contribution is 6.35. The minimum atomic E-state index is 0.271. The van der Waals surface area contributed by atoms with Crippen molar-refractivity contribution in [2.45, 2.75) is 26.6 Å². The van der Waals surface area contributed by atoms with Crippen molar-refractivity contribution in [2.75, 3.05) is 13.7 Å². The molecular formula is C24H25Cl2NO3. The van der Waals surface area contributed by atoms with Crippen molar-refractivity contribution >= 4 is 23.2 Å². The molecule has 0 aliphatic carbocycles. The quantitative estimate of drug-likeness (QED) is 0.399. The summed E-state index contributed by atoms with van der Waals surface area (Å²) < 4.78 is 16.9. The van der Waals surface area contributed by atoms with Gasteiger partial charge in [-0.3, -0.25) is 0 Å². The third-order valence-corrected chi connectivity index (χ3v) is 5.27. The Bertz CT molecular complexity index is 941. The number of benzene rings is 3. The lowest BCUT2D eigenvalue weighted by Gasteiger charge is -2.15. The Morgan fingerprint density at radius 3 is 2.13 bits per heavy atom. The zero-order valence-corrected chi connectivity index (χ0v) is 18.6. The van der Waals surface area contributed by atoms with E-state index >= 15 is 0 Å². The number of halogens is 2. The lowest BCUT2D eigenvalue weighted by molar-refractivity contribution is 0.269. The van der Waals surface area contributed by atoms with Crippen molar-refractivity contribution in [1.82, 2.24) is 5.32 Å². The van der Waals surface area contributed by atoms with Gasteiger partial charge in [-0.05, 0) is 54.4 Å². The third kappa shape index (κ3) is 6.05. The molecule has 6 heteroatoms. The monoisotopic (exact) mass is 445 g/mol. The molecule has 0 heterocycles. The van der Waals surface area contributed by atoms with Gasteiger partial charge in [-0.15, -0.1) is 0 Å². The van der Waals surface area contributed by atoms with Crippen molar-refractivity contribution in [2.24, 2.45) is 0 Å². The molecule has 3 rings (SSSR count). The van der Waals surface area contributed by atoms with Crippen LogP contribution < -0.4 is 19.5 Å². The van der Waals surface area contributed by atoms with Crippen LogP contribution in [0.5, 0.6) is 17.2 Å². The van der Waals surface area contributed by atoms with Crippen LogP contribution in [0, 0.1) is 0 Å². The lowest BCUT2D eigenvalue weighted by Crippen LogP contribution is -2.13. The lowest BCUT2D eigenvalue weighted by atomic mass is 10.1. The molecular weight excluding hydrogens is 421 g/mol. The van der Waals surface area contributed by atoms with Gasteiger partial charge in [-0.1, -0.05) is 47.5 Å². The second kappa shape index (κ2) is 11.1. The maximum atomic E-state index is 6.24. The van der Waals surface area contributed by atoms with Gasteiger partial charge in [0.05, 0.1) is 13.7 Å². The first-order chi connectivity index (χ1) is 14.6. The van der Waals surface area contributed by atoms with Crippen LogP contribution in [0.4, 0.5) is 0 Å². The molecule has 30 heavy (non-hydrogen) atoms. The van der Waals surface area contributed by atoms with E-state index in [4.69, 9.17) is 37.4 Å². The van der Waals surface area contributed by atoms with E-state index in [-0.39, 0.29) is 6.61 Å². The van der Waals surface area contributed by atoms with E-state index in [0.717, 1.165) is 23.4 Å². The predicted molar refractivity (Wildman–Crippen MR) is 122 cm³/mol. The normalized spacial score (nSPS) is 10.7. The molecule has 3 aromatic rings. The first kappa shape index (κ1) is 22.3. The van der Waals surface area contributed by atoms with Crippen LogP contribution in [0.1, 0.15) is 23.6 Å². The van der Waals surface area contributed by atoms with Crippen molar-refractivity contribution in [1.29, 1.82) is 0 Å². The molecule has 0 fully saturated rings. The van der Waals surface area contributed by atoms with Crippen LogP contribution >= 0.6 is 23.2 Å². The molecule has 158 valence electrons. The summed E-state index contributed by atoms with van der Waals surface area (Å²) in [4.78, 5) is 0. The SMILES string of the molecule is CCOc1cc(CNCc2ccc(OC)cc2)ccc1OCc1c(Cl)cccc1Cl. The van der Waals surface area contributed by atoms with E-state index in [2.05, 4.69) is 5.32 Å². The van der Waals surface area contributed by atoms with Gasteiger partial charge in [-0.2, -0.15) is 0 Å². The highest BCUT2D eigenvalue weighted by Gasteiger charge is 2.10. The van der Waals surface area contributed by atoms with Gasteiger partial charge in [0.1, 0.15) is 12.4 Å². The minimum absolute atomic E-state index is 0.271. The second-order valence-corrected chi connectivity index (χ2v) is 7.47. The van der Waals surface area contributed by atoms with Crippen molar-refractivity contribution in [3.63, 3.8) is 0 Å². The second-order valence-electron chi connectivity index (χ2n) is 6.65. The first-order valence-corrected chi connectivity index (χ1v) is 10.5. The molecule has 0 saturated heterocycles. The van der Waals surface area contributed by atoms with E-state index in [1.165, 1.54) is 5.56 Å². The van der Waals surface area contributed by atoms with Crippen molar-refractivity contribution < 1.29 is 14.2 Å². The molecule has 0 amide bonds. The largest absolute Gasteiger partial charge is 0.497 e. The third-order valence-electron chi connectivity index (χ3n) is 4.56. The number of methoxy groups -OCH3 is 1. The van der Waals surface area contributed by atoms with E-state index in [0.29, 0.717) is 34.7 Å². The average Bonchev–Trinajstić information content (AvgIpc) is 2.75. The Labute approximate surface area is 187 Å². The Hall–Kier alpha value is -2.40. The van der Waals surface area contributed by atoms with Gasteiger partial charge in [0.15, 0.2) is 11.5 Å². The molecule has 4 nitrogen and oxygen atoms in total. The van der Waals surface area contributed by atoms with Crippen LogP contribution in [0.25, 0.3) is 0 Å². The zero-order valence-electron chi connectivity index (χ0n) is 17.1. The fraction of sp³-hybridized carbons (Fsp3) is 0.250. The van der Waals surface area contributed by atoms with Crippen LogP contribution in [0.15, 0.2) is 60.7 Å². The summed E-state index contributed by atoms with van der Waals surface area (Å²) in [7, 11) is 1.67. The summed E-state index contributed by atoms with van der Waals surface area (Å²) in [6.45, 7) is 4.24. The molecule has 0 spiro atoms. The predicted octanol–water partition coefficient (Wildman–Crippen LogP) is 6.27. The summed E-state index contributed by atoms with van der Waals surface area (Å²) in [5.41, 5.74) is 3.06. The number of nitrogens with one attached hydrogen (secondary N) is 1. The fourth-order valence-electron chi connectivity index (χ4n) is 2.96. The smallest absolute Gasteiger partial charge is 0.161 e. The van der Waals surface area contributed by atoms with Crippen LogP contribution in [0.3, 0.4) is 0 Å². The van der Waals surface area contributed by atoms with Gasteiger partial charge in [0.2, 0.25) is 0 Å². The first-order valence-electron chi connectivity index (χ1n) is 9.75. The standard InChI is InChI=1S/C24H25Cl2NO3/c1-3-29-24-13-18(15-27-14-17-7-10-19(28-2)11-8-17)9-12-23(24)30-16-20-21(25)5-4-6-22(20)26/h4-13,27H,3,14-16H2,1-2H3. The maximum absolute atomic E-state index is 6.24. The topological polar surface area (TPSA) is 39.7 Å². The molecule has 3 aromatic carbocycles. The van der Waals surface area contributed by atoms with Crippen LogP contribution in [0.2, 0.25) is 10.0 Å². The van der Waals surface area contributed by atoms with Gasteiger partial charge in [0, 0.05) is 28.7 Å². The van der Waals surface area contributed by atoms with E-state index in [1.807, 2.05) is 55.5 Å². The molecule has 0 unspecified atom stereocenters. The van der Waals surface area contributed by atoms with Gasteiger partial charge < -0.3 is 19.5 Å². The number of rotatable bonds is 10. The van der Waals surface area contributed by atoms with Crippen molar-refractivity contribution in [3.8, 4) is 17.2 Å². The van der Waals surface area contributed by atoms with Crippen molar-refractivity contribution in [3.05, 3.63) is 87.4 Å². The van der Waals surface area contributed by atoms with Gasteiger partial charge in [-0.25, -0.2) is 0 Å². The van der Waals surface area contributed by atoms with Gasteiger partial charge in [0.25, 0.3) is 0 Å². The van der Waals surface area contributed by atoms with Gasteiger partial charge >= 0.3 is 0 Å². The zero-order chi connectivity index (χ0) is 21.3. The van der Waals surface area contributed by atoms with E-state index in [1.54, 1.807) is 19.2 Å². The molecule has 0 saturated carbocycles. The summed E-state index contributed by atoms with van der Waals surface area (Å²) in [5, 5.41) is 4.61. The van der Waals surface area contributed by atoms with Crippen LogP contribution in [-0.4, -0.2) is 13.7 Å². The molecule has 0 radical (unpaired) electrons. The summed E-state index contributed by atoms with van der Waals surface area (Å²) in [5.74, 6) is 2.21. The van der Waals surface area contributed by atoms with Crippen LogP contribution in [-0.2, 0) is 19.7 Å². The highest BCUT2D eigenvalue weighted by atomic mass is 35.5. The molecule has 0 atom stereocenters. The average molecular weight is 446 g/mol. The highest BCUT2D eigenvalue weighted by Crippen LogP contribution is 2.31. The Morgan fingerprint density at radius 2 is 1.47 bits per heavy atom. The minimum Gasteiger partial charge on any atom is -0.497 e. The summed E-state index contributed by atoms with van der Waals surface area (Å²) >= 11 is 12.5. The Morgan fingerprint density at radius 1 is 0.800 bits per heavy atom. The van der Waals surface area contributed by atoms with E-state index < -0.39 is 0 Å². The molecule has 0 bridgehead atoms. The molecule has 0 aliphatic rings. The maximum Gasteiger partial charge on any atom is 0.161 e. The molecule has 1 N–H and O–H groups in total. The molecule has 0 aliphatic heterocycles. The summed E-state index contributed by atoms with van der Waals surface area (Å²) in [6.07, 6.45) is 0. The summed E-state index contributed by atoms with van der Waals surface area (Å²) in [6, 6.07) is 19.4. The number of hydrogen-bond donors (Lipinski definition) is 1. The Kier molecular flexibility index (Phi) is 8.26. The fourth-order valence-corrected chi connectivity index (χ4v) is 3.47. The van der Waals surface area contributed by atoms with E-state index in [9.17, 15) is 0 Å². The Balaban J connectivity index is 1.62. The number of hydrogen-bond acceptors (Lipinski definition) is 4. The molecule has 0 aromatic heterocycles. The number of ether oxygens (including phenoxy) is 3.